The van der Waals surface area contributed by atoms with Crippen LogP contribution in [0.4, 0.5) is 11.4 Å². The second kappa shape index (κ2) is 4.98. The maximum Gasteiger partial charge on any atom is 0.161 e. The molecule has 3 N–H and O–H groups in total. The zero-order valence-electron chi connectivity index (χ0n) is 10.9. The van der Waals surface area contributed by atoms with Crippen molar-refractivity contribution in [1.82, 2.24) is 0 Å². The molecule has 0 bridgehead atoms. The molecule has 2 atom stereocenters. The summed E-state index contributed by atoms with van der Waals surface area (Å²) in [7, 11) is 0. The Balaban J connectivity index is 2.34. The first-order valence-corrected chi connectivity index (χ1v) is 6.32. The van der Waals surface area contributed by atoms with Crippen LogP contribution in [0.5, 0.6) is 0 Å². The number of Topliss-reactive ketones (excluding diaryl/α,β-unsaturated/α-hetero) is 1. The molecule has 2 unspecified atom stereocenters. The number of nitrogen functional groups attached to an aromatic ring is 1. The van der Waals surface area contributed by atoms with Gasteiger partial charge in [-0.3, -0.25) is 4.79 Å². The highest BCUT2D eigenvalue weighted by atomic mass is 16.3. The van der Waals surface area contributed by atoms with Crippen molar-refractivity contribution in [3.63, 3.8) is 0 Å². The summed E-state index contributed by atoms with van der Waals surface area (Å²) in [5, 5.41) is 9.47. The van der Waals surface area contributed by atoms with Crippen LogP contribution >= 0.6 is 0 Å². The van der Waals surface area contributed by atoms with E-state index in [1.165, 1.54) is 6.92 Å². The second-order valence-corrected chi connectivity index (χ2v) is 5.04. The number of rotatable bonds is 3. The molecule has 4 heteroatoms. The molecule has 0 radical (unpaired) electrons. The Morgan fingerprint density at radius 2 is 2.28 bits per heavy atom. The number of ketones is 1. The number of aliphatic hydroxyl groups excluding tert-OH is 1. The Hall–Kier alpha value is -1.55. The van der Waals surface area contributed by atoms with Crippen molar-refractivity contribution in [2.75, 3.05) is 23.8 Å². The van der Waals surface area contributed by atoms with Gasteiger partial charge in [0, 0.05) is 23.5 Å². The highest BCUT2D eigenvalue weighted by Gasteiger charge is 2.30. The van der Waals surface area contributed by atoms with E-state index in [9.17, 15) is 9.90 Å². The summed E-state index contributed by atoms with van der Waals surface area (Å²) in [6, 6.07) is 5.65. The average molecular weight is 248 g/mol. The van der Waals surface area contributed by atoms with Gasteiger partial charge in [0.1, 0.15) is 0 Å². The Labute approximate surface area is 107 Å². The Bertz CT molecular complexity index is 459. The van der Waals surface area contributed by atoms with Crippen molar-refractivity contribution in [2.24, 2.45) is 5.92 Å². The lowest BCUT2D eigenvalue weighted by Crippen LogP contribution is -2.35. The number of hydrogen-bond acceptors (Lipinski definition) is 4. The minimum atomic E-state index is -0.0258. The normalized spacial score (nSPS) is 23.4. The molecule has 2 rings (SSSR count). The monoisotopic (exact) mass is 248 g/mol. The smallest absolute Gasteiger partial charge is 0.161 e. The van der Waals surface area contributed by atoms with E-state index >= 15 is 0 Å². The van der Waals surface area contributed by atoms with Gasteiger partial charge in [-0.2, -0.15) is 0 Å². The molecular weight excluding hydrogens is 228 g/mol. The molecule has 0 spiro atoms. The third-order valence-electron chi connectivity index (χ3n) is 3.82. The SMILES string of the molecule is CC(=O)c1cc(N2CCC(C)C2CO)ccc1N. The van der Waals surface area contributed by atoms with Crippen LogP contribution < -0.4 is 10.6 Å². The third-order valence-corrected chi connectivity index (χ3v) is 3.82. The molecule has 98 valence electrons. The van der Waals surface area contributed by atoms with E-state index in [-0.39, 0.29) is 18.4 Å². The lowest BCUT2D eigenvalue weighted by Gasteiger charge is -2.27. The van der Waals surface area contributed by atoms with E-state index in [0.717, 1.165) is 18.7 Å². The Kier molecular flexibility index (Phi) is 3.57. The number of nitrogens with two attached hydrogens (primary N) is 1. The average Bonchev–Trinajstić information content (AvgIpc) is 2.70. The van der Waals surface area contributed by atoms with Crippen molar-refractivity contribution in [3.8, 4) is 0 Å². The summed E-state index contributed by atoms with van der Waals surface area (Å²) in [5.41, 5.74) is 7.84. The fraction of sp³-hybridized carbons (Fsp3) is 0.500. The number of carbonyl (C=O) groups is 1. The van der Waals surface area contributed by atoms with E-state index in [1.54, 1.807) is 6.07 Å². The molecule has 1 aromatic carbocycles. The molecule has 1 saturated heterocycles. The van der Waals surface area contributed by atoms with Crippen molar-refractivity contribution in [3.05, 3.63) is 23.8 Å². The Morgan fingerprint density at radius 3 is 2.89 bits per heavy atom. The fourth-order valence-electron chi connectivity index (χ4n) is 2.64. The largest absolute Gasteiger partial charge is 0.398 e. The standard InChI is InChI=1S/C14H20N2O2/c1-9-5-6-16(14(9)8-17)11-3-4-13(15)12(7-11)10(2)18/h3-4,7,9,14,17H,5-6,8,15H2,1-2H3. The van der Waals surface area contributed by atoms with Crippen LogP contribution in [0.15, 0.2) is 18.2 Å². The maximum atomic E-state index is 11.5. The highest BCUT2D eigenvalue weighted by molar-refractivity contribution is 6.00. The summed E-state index contributed by atoms with van der Waals surface area (Å²) in [5.74, 6) is 0.440. The molecule has 0 amide bonds. The van der Waals surface area contributed by atoms with Crippen molar-refractivity contribution in [1.29, 1.82) is 0 Å². The molecule has 18 heavy (non-hydrogen) atoms. The summed E-state index contributed by atoms with van der Waals surface area (Å²) in [4.78, 5) is 13.7. The molecule has 4 nitrogen and oxygen atoms in total. The van der Waals surface area contributed by atoms with Crippen molar-refractivity contribution < 1.29 is 9.90 Å². The van der Waals surface area contributed by atoms with Crippen LogP contribution in [0.25, 0.3) is 0 Å². The van der Waals surface area contributed by atoms with Gasteiger partial charge in [0.15, 0.2) is 5.78 Å². The van der Waals surface area contributed by atoms with Gasteiger partial charge in [0.25, 0.3) is 0 Å². The molecule has 1 aliphatic heterocycles. The predicted octanol–water partition coefficient (Wildman–Crippen LogP) is 1.68. The molecule has 1 aromatic rings. The zero-order valence-corrected chi connectivity index (χ0v) is 10.9. The number of nitrogens with zero attached hydrogens (tertiary/aromatic N) is 1. The van der Waals surface area contributed by atoms with Gasteiger partial charge in [0.05, 0.1) is 12.6 Å². The molecule has 0 aliphatic carbocycles. The molecule has 0 aromatic heterocycles. The quantitative estimate of drug-likeness (QED) is 0.631. The number of aliphatic hydroxyl groups is 1. The van der Waals surface area contributed by atoms with Gasteiger partial charge in [-0.1, -0.05) is 6.92 Å². The first-order chi connectivity index (χ1) is 8.54. The van der Waals surface area contributed by atoms with Crippen LogP contribution in [-0.2, 0) is 0 Å². The van der Waals surface area contributed by atoms with E-state index in [2.05, 4.69) is 11.8 Å². The summed E-state index contributed by atoms with van der Waals surface area (Å²) in [6.07, 6.45) is 1.06. The number of hydrogen-bond donors (Lipinski definition) is 2. The lowest BCUT2D eigenvalue weighted by atomic mass is 10.0. The predicted molar refractivity (Wildman–Crippen MR) is 72.9 cm³/mol. The van der Waals surface area contributed by atoms with Gasteiger partial charge in [-0.15, -0.1) is 0 Å². The topological polar surface area (TPSA) is 66.6 Å². The zero-order chi connectivity index (χ0) is 13.3. The van der Waals surface area contributed by atoms with E-state index in [1.807, 2.05) is 12.1 Å². The van der Waals surface area contributed by atoms with E-state index in [0.29, 0.717) is 17.2 Å². The van der Waals surface area contributed by atoms with E-state index < -0.39 is 0 Å². The number of carbonyl (C=O) groups excluding carboxylic acids is 1. The van der Waals surface area contributed by atoms with Crippen molar-refractivity contribution in [2.45, 2.75) is 26.3 Å². The molecular formula is C14H20N2O2. The highest BCUT2D eigenvalue weighted by Crippen LogP contribution is 2.31. The minimum absolute atomic E-state index is 0.0258. The van der Waals surface area contributed by atoms with Gasteiger partial charge in [-0.05, 0) is 37.5 Å². The Morgan fingerprint density at radius 1 is 1.56 bits per heavy atom. The minimum Gasteiger partial charge on any atom is -0.398 e. The summed E-state index contributed by atoms with van der Waals surface area (Å²) in [6.45, 7) is 4.71. The van der Waals surface area contributed by atoms with Crippen LogP contribution in [0.1, 0.15) is 30.6 Å². The lowest BCUT2D eigenvalue weighted by molar-refractivity contribution is 0.101. The molecule has 1 aliphatic rings. The number of benzene rings is 1. The van der Waals surface area contributed by atoms with Gasteiger partial charge >= 0.3 is 0 Å². The molecule has 0 saturated carbocycles. The van der Waals surface area contributed by atoms with Crippen LogP contribution in [-0.4, -0.2) is 30.1 Å². The first kappa shape index (κ1) is 12.9. The van der Waals surface area contributed by atoms with Crippen LogP contribution in [0, 0.1) is 5.92 Å². The fourth-order valence-corrected chi connectivity index (χ4v) is 2.64. The third kappa shape index (κ3) is 2.20. The first-order valence-electron chi connectivity index (χ1n) is 6.32. The van der Waals surface area contributed by atoms with Crippen LogP contribution in [0.3, 0.4) is 0 Å². The second-order valence-electron chi connectivity index (χ2n) is 5.04. The maximum absolute atomic E-state index is 11.5. The van der Waals surface area contributed by atoms with Gasteiger partial charge < -0.3 is 15.7 Å². The van der Waals surface area contributed by atoms with E-state index in [4.69, 9.17) is 5.73 Å². The molecule has 1 fully saturated rings. The summed E-state index contributed by atoms with van der Waals surface area (Å²) < 4.78 is 0. The van der Waals surface area contributed by atoms with Crippen molar-refractivity contribution >= 4 is 17.2 Å². The van der Waals surface area contributed by atoms with Crippen LogP contribution in [0.2, 0.25) is 0 Å². The number of anilines is 2. The molecule has 1 heterocycles. The van der Waals surface area contributed by atoms with Gasteiger partial charge in [-0.25, -0.2) is 0 Å². The van der Waals surface area contributed by atoms with Gasteiger partial charge in [0.2, 0.25) is 0 Å². The summed E-state index contributed by atoms with van der Waals surface area (Å²) >= 11 is 0.